The summed E-state index contributed by atoms with van der Waals surface area (Å²) in [5, 5.41) is 8.90. The molecule has 4 rings (SSSR count). The summed E-state index contributed by atoms with van der Waals surface area (Å²) in [5.74, 6) is 0.144. The minimum atomic E-state index is -0.959. The van der Waals surface area contributed by atoms with Crippen molar-refractivity contribution in [2.45, 2.75) is 38.4 Å². The van der Waals surface area contributed by atoms with E-state index in [1.54, 1.807) is 12.4 Å². The number of aromatic nitrogens is 1. The summed E-state index contributed by atoms with van der Waals surface area (Å²) < 4.78 is 12.0. The number of fused-ring (bicyclic) bond motifs is 1. The molecule has 1 aromatic heterocycles. The third kappa shape index (κ3) is 6.08. The second-order valence-electron chi connectivity index (χ2n) is 8.38. The Labute approximate surface area is 194 Å². The second-order valence-corrected chi connectivity index (χ2v) is 8.38. The van der Waals surface area contributed by atoms with Crippen LogP contribution in [-0.4, -0.2) is 28.8 Å². The fourth-order valence-corrected chi connectivity index (χ4v) is 4.33. The fourth-order valence-electron chi connectivity index (χ4n) is 4.33. The number of benzene rings is 2. The molecule has 3 aromatic rings. The van der Waals surface area contributed by atoms with Crippen molar-refractivity contribution in [3.05, 3.63) is 107 Å². The quantitative estimate of drug-likeness (QED) is 0.449. The highest BCUT2D eigenvalue weighted by atomic mass is 16.5. The summed E-state index contributed by atoms with van der Waals surface area (Å²) in [7, 11) is 0. The number of nitrogens with zero attached hydrogens (tertiary/aromatic N) is 1. The first kappa shape index (κ1) is 22.7. The molecule has 33 heavy (non-hydrogen) atoms. The average molecular weight is 444 g/mol. The van der Waals surface area contributed by atoms with Crippen LogP contribution < -0.4 is 4.74 Å². The van der Waals surface area contributed by atoms with Crippen LogP contribution in [0.2, 0.25) is 0 Å². The molecule has 0 fully saturated rings. The minimum absolute atomic E-state index is 0.0602. The van der Waals surface area contributed by atoms with Crippen LogP contribution in [0.1, 0.15) is 41.7 Å². The lowest BCUT2D eigenvalue weighted by Gasteiger charge is -2.25. The van der Waals surface area contributed by atoms with Crippen molar-refractivity contribution < 1.29 is 19.4 Å². The number of carbonyl (C=O) groups is 1. The van der Waals surface area contributed by atoms with Gasteiger partial charge in [-0.2, -0.15) is 0 Å². The minimum Gasteiger partial charge on any atom is -0.482 e. The van der Waals surface area contributed by atoms with E-state index >= 15 is 0 Å². The molecule has 170 valence electrons. The molecule has 0 radical (unpaired) electrons. The smallest absolute Gasteiger partial charge is 0.341 e. The van der Waals surface area contributed by atoms with Gasteiger partial charge in [0, 0.05) is 12.4 Å². The van der Waals surface area contributed by atoms with Crippen molar-refractivity contribution in [2.24, 2.45) is 5.92 Å². The molecular formula is C28H29NO4. The first-order chi connectivity index (χ1) is 16.1. The van der Waals surface area contributed by atoms with Crippen molar-refractivity contribution in [3.63, 3.8) is 0 Å². The predicted octanol–water partition coefficient (Wildman–Crippen LogP) is 5.40. The fraction of sp³-hybridized carbons (Fsp3) is 0.286. The van der Waals surface area contributed by atoms with Gasteiger partial charge in [0.25, 0.3) is 0 Å². The number of allylic oxidation sites excluding steroid dienone is 1. The zero-order valence-corrected chi connectivity index (χ0v) is 18.8. The molecular weight excluding hydrogens is 414 g/mol. The number of aliphatic carboxylic acids is 1. The first-order valence-corrected chi connectivity index (χ1v) is 11.3. The molecule has 3 atom stereocenters. The van der Waals surface area contributed by atoms with Gasteiger partial charge in [-0.25, -0.2) is 4.79 Å². The highest BCUT2D eigenvalue weighted by Crippen LogP contribution is 2.33. The van der Waals surface area contributed by atoms with Crippen LogP contribution in [0, 0.1) is 5.92 Å². The Hall–Kier alpha value is -3.44. The summed E-state index contributed by atoms with van der Waals surface area (Å²) in [6.07, 6.45) is 10.6. The van der Waals surface area contributed by atoms with Gasteiger partial charge < -0.3 is 14.6 Å². The van der Waals surface area contributed by atoms with Crippen LogP contribution in [-0.2, 0) is 22.4 Å². The zero-order chi connectivity index (χ0) is 23.0. The van der Waals surface area contributed by atoms with Gasteiger partial charge in [-0.15, -0.1) is 0 Å². The molecule has 3 unspecified atom stereocenters. The highest BCUT2D eigenvalue weighted by molar-refractivity contribution is 5.68. The van der Waals surface area contributed by atoms with E-state index < -0.39 is 5.97 Å². The maximum Gasteiger partial charge on any atom is 0.341 e. The van der Waals surface area contributed by atoms with Gasteiger partial charge in [0.05, 0.1) is 6.10 Å². The zero-order valence-electron chi connectivity index (χ0n) is 18.8. The van der Waals surface area contributed by atoms with Crippen LogP contribution in [0.4, 0.5) is 0 Å². The number of hydrogen-bond acceptors (Lipinski definition) is 4. The largest absolute Gasteiger partial charge is 0.482 e. The summed E-state index contributed by atoms with van der Waals surface area (Å²) in [5.41, 5.74) is 4.56. The van der Waals surface area contributed by atoms with E-state index in [1.165, 1.54) is 5.56 Å². The van der Waals surface area contributed by atoms with E-state index in [4.69, 9.17) is 14.6 Å². The molecule has 0 bridgehead atoms. The Balaban J connectivity index is 1.42. The molecule has 0 aliphatic heterocycles. The van der Waals surface area contributed by atoms with Crippen molar-refractivity contribution >= 4 is 5.97 Å². The summed E-state index contributed by atoms with van der Waals surface area (Å²) >= 11 is 0. The van der Waals surface area contributed by atoms with Crippen LogP contribution in [0.25, 0.3) is 0 Å². The number of carboxylic acids is 1. The SMILES string of the molecule is CC(/C=C/C1CCc2c(cccc2OCC(=O)O)C1)OC(c1ccccc1)c1ccncc1. The molecule has 2 aromatic carbocycles. The lowest BCUT2D eigenvalue weighted by Crippen LogP contribution is -2.17. The lowest BCUT2D eigenvalue weighted by atomic mass is 9.83. The standard InChI is InChI=1S/C28H29NO4/c1-20(33-28(22-6-3-2-4-7-22)23-14-16-29-17-15-23)10-11-21-12-13-25-24(18-21)8-5-9-26(25)32-19-27(30)31/h2-11,14-17,20-21,28H,12-13,18-19H2,1H3,(H,30,31)/b11-10+. The van der Waals surface area contributed by atoms with Gasteiger partial charge >= 0.3 is 5.97 Å². The molecule has 0 saturated carbocycles. The summed E-state index contributed by atoms with van der Waals surface area (Å²) in [6, 6.07) is 20.1. The van der Waals surface area contributed by atoms with Crippen LogP contribution in [0.15, 0.2) is 85.2 Å². The summed E-state index contributed by atoms with van der Waals surface area (Å²) in [6.45, 7) is 1.76. The van der Waals surface area contributed by atoms with Gasteiger partial charge in [0.15, 0.2) is 6.61 Å². The molecule has 1 heterocycles. The number of rotatable bonds is 9. The molecule has 5 nitrogen and oxygen atoms in total. The van der Waals surface area contributed by atoms with E-state index in [-0.39, 0.29) is 18.8 Å². The van der Waals surface area contributed by atoms with Crippen LogP contribution >= 0.6 is 0 Å². The van der Waals surface area contributed by atoms with Crippen molar-refractivity contribution in [1.29, 1.82) is 0 Å². The van der Waals surface area contributed by atoms with Gasteiger partial charge in [0.2, 0.25) is 0 Å². The Bertz CT molecular complexity index is 1040. The Morgan fingerprint density at radius 2 is 1.85 bits per heavy atom. The third-order valence-corrected chi connectivity index (χ3v) is 5.94. The molecule has 0 saturated heterocycles. The Kier molecular flexibility index (Phi) is 7.53. The maximum absolute atomic E-state index is 10.9. The highest BCUT2D eigenvalue weighted by Gasteiger charge is 2.21. The van der Waals surface area contributed by atoms with Gasteiger partial charge in [-0.3, -0.25) is 4.98 Å². The number of pyridine rings is 1. The predicted molar refractivity (Wildman–Crippen MR) is 127 cm³/mol. The number of ether oxygens (including phenoxy) is 2. The second kappa shape index (κ2) is 10.9. The van der Waals surface area contributed by atoms with Gasteiger partial charge in [-0.1, -0.05) is 54.6 Å². The van der Waals surface area contributed by atoms with E-state index in [9.17, 15) is 4.79 Å². The molecule has 5 heteroatoms. The van der Waals surface area contributed by atoms with Crippen molar-refractivity contribution in [3.8, 4) is 5.75 Å². The first-order valence-electron chi connectivity index (χ1n) is 11.3. The lowest BCUT2D eigenvalue weighted by molar-refractivity contribution is -0.139. The molecule has 1 N–H and O–H groups in total. The monoisotopic (exact) mass is 443 g/mol. The topological polar surface area (TPSA) is 68.7 Å². The average Bonchev–Trinajstić information content (AvgIpc) is 2.85. The van der Waals surface area contributed by atoms with Crippen LogP contribution in [0.5, 0.6) is 5.75 Å². The Morgan fingerprint density at radius 1 is 1.09 bits per heavy atom. The number of carboxylic acid groups (broad SMARTS) is 1. The number of hydrogen-bond donors (Lipinski definition) is 1. The third-order valence-electron chi connectivity index (χ3n) is 5.94. The molecule has 0 amide bonds. The Morgan fingerprint density at radius 3 is 2.61 bits per heavy atom. The van der Waals surface area contributed by atoms with Crippen molar-refractivity contribution in [1.82, 2.24) is 4.98 Å². The summed E-state index contributed by atoms with van der Waals surface area (Å²) in [4.78, 5) is 15.0. The maximum atomic E-state index is 10.9. The molecule has 0 spiro atoms. The van der Waals surface area contributed by atoms with E-state index in [2.05, 4.69) is 42.3 Å². The van der Waals surface area contributed by atoms with Crippen LogP contribution in [0.3, 0.4) is 0 Å². The van der Waals surface area contributed by atoms with Gasteiger partial charge in [-0.05, 0) is 72.6 Å². The normalized spacial score (nSPS) is 17.3. The molecule has 1 aliphatic carbocycles. The van der Waals surface area contributed by atoms with E-state index in [0.717, 1.165) is 36.0 Å². The molecule has 1 aliphatic rings. The van der Waals surface area contributed by atoms with Crippen molar-refractivity contribution in [2.75, 3.05) is 6.61 Å². The van der Waals surface area contributed by atoms with E-state index in [0.29, 0.717) is 11.7 Å². The van der Waals surface area contributed by atoms with Gasteiger partial charge in [0.1, 0.15) is 11.9 Å². The van der Waals surface area contributed by atoms with E-state index in [1.807, 2.05) is 42.5 Å².